The lowest BCUT2D eigenvalue weighted by atomic mass is 9.93. The second-order valence-corrected chi connectivity index (χ2v) is 5.65. The van der Waals surface area contributed by atoms with Gasteiger partial charge in [-0.05, 0) is 25.2 Å². The Labute approximate surface area is 112 Å². The van der Waals surface area contributed by atoms with Crippen molar-refractivity contribution in [3.8, 4) is 0 Å². The normalized spacial score (nSPS) is 35.2. The Balaban J connectivity index is 1.97. The standard InChI is InChI=1S/C13H22N2O4/c1-8-6-7-15(11(8)12(17)18)13(19)14-9-4-2-3-5-10(9)16/h8-11,16H,2-7H2,1H3,(H,14,19)(H,17,18). The highest BCUT2D eigenvalue weighted by molar-refractivity contribution is 5.83. The third-order valence-corrected chi connectivity index (χ3v) is 4.25. The number of urea groups is 1. The molecule has 2 amide bonds. The minimum Gasteiger partial charge on any atom is -0.480 e. The fraction of sp³-hybridized carbons (Fsp3) is 0.846. The van der Waals surface area contributed by atoms with E-state index in [4.69, 9.17) is 0 Å². The first-order chi connectivity index (χ1) is 9.00. The van der Waals surface area contributed by atoms with E-state index in [0.717, 1.165) is 19.3 Å². The van der Waals surface area contributed by atoms with Crippen LogP contribution in [0.5, 0.6) is 0 Å². The largest absolute Gasteiger partial charge is 0.480 e. The average Bonchev–Trinajstić information content (AvgIpc) is 2.74. The fourth-order valence-corrected chi connectivity index (χ4v) is 3.07. The minimum absolute atomic E-state index is 0.0282. The molecule has 2 rings (SSSR count). The molecule has 19 heavy (non-hydrogen) atoms. The molecule has 108 valence electrons. The van der Waals surface area contributed by atoms with E-state index < -0.39 is 18.1 Å². The van der Waals surface area contributed by atoms with E-state index in [1.165, 1.54) is 4.90 Å². The molecule has 1 heterocycles. The molecule has 3 N–H and O–H groups in total. The third kappa shape index (κ3) is 3.00. The number of rotatable bonds is 2. The molecule has 4 unspecified atom stereocenters. The quantitative estimate of drug-likeness (QED) is 0.692. The summed E-state index contributed by atoms with van der Waals surface area (Å²) in [6.45, 7) is 2.31. The Bertz CT molecular complexity index is 361. The van der Waals surface area contributed by atoms with Crippen LogP contribution in [0.3, 0.4) is 0 Å². The van der Waals surface area contributed by atoms with Crippen LogP contribution in [0.2, 0.25) is 0 Å². The highest BCUT2D eigenvalue weighted by Gasteiger charge is 2.40. The van der Waals surface area contributed by atoms with Gasteiger partial charge in [-0.2, -0.15) is 0 Å². The van der Waals surface area contributed by atoms with Crippen LogP contribution in [0, 0.1) is 5.92 Å². The lowest BCUT2D eigenvalue weighted by Gasteiger charge is -2.31. The number of amides is 2. The van der Waals surface area contributed by atoms with Gasteiger partial charge in [0.1, 0.15) is 6.04 Å². The summed E-state index contributed by atoms with van der Waals surface area (Å²) in [5.41, 5.74) is 0. The Morgan fingerprint density at radius 3 is 2.53 bits per heavy atom. The molecule has 1 saturated carbocycles. The topological polar surface area (TPSA) is 89.9 Å². The first-order valence-corrected chi connectivity index (χ1v) is 6.98. The van der Waals surface area contributed by atoms with E-state index in [2.05, 4.69) is 5.32 Å². The van der Waals surface area contributed by atoms with E-state index in [1.54, 1.807) is 0 Å². The van der Waals surface area contributed by atoms with E-state index >= 15 is 0 Å². The van der Waals surface area contributed by atoms with Crippen LogP contribution in [-0.2, 0) is 4.79 Å². The number of carboxylic acids is 1. The summed E-state index contributed by atoms with van der Waals surface area (Å²) in [5.74, 6) is -0.983. The molecule has 6 nitrogen and oxygen atoms in total. The second-order valence-electron chi connectivity index (χ2n) is 5.65. The summed E-state index contributed by atoms with van der Waals surface area (Å²) in [7, 11) is 0. The molecule has 2 aliphatic rings. The van der Waals surface area contributed by atoms with Gasteiger partial charge in [-0.3, -0.25) is 0 Å². The van der Waals surface area contributed by atoms with Gasteiger partial charge in [0.05, 0.1) is 12.1 Å². The first kappa shape index (κ1) is 14.1. The Hall–Kier alpha value is -1.30. The third-order valence-electron chi connectivity index (χ3n) is 4.25. The van der Waals surface area contributed by atoms with Gasteiger partial charge in [-0.1, -0.05) is 19.8 Å². The Morgan fingerprint density at radius 1 is 1.21 bits per heavy atom. The highest BCUT2D eigenvalue weighted by atomic mass is 16.4. The van der Waals surface area contributed by atoms with Crippen molar-refractivity contribution in [1.29, 1.82) is 0 Å². The molecule has 0 aromatic carbocycles. The molecule has 0 spiro atoms. The van der Waals surface area contributed by atoms with Crippen molar-refractivity contribution in [3.05, 3.63) is 0 Å². The molecular formula is C13H22N2O4. The smallest absolute Gasteiger partial charge is 0.326 e. The number of hydrogen-bond donors (Lipinski definition) is 3. The molecule has 6 heteroatoms. The predicted molar refractivity (Wildman–Crippen MR) is 68.7 cm³/mol. The van der Waals surface area contributed by atoms with Gasteiger partial charge in [-0.15, -0.1) is 0 Å². The molecule has 0 bridgehead atoms. The SMILES string of the molecule is CC1CCN(C(=O)NC2CCCCC2O)C1C(=O)O. The van der Waals surface area contributed by atoms with Crippen LogP contribution in [0.15, 0.2) is 0 Å². The Kier molecular flexibility index (Phi) is 4.29. The maximum Gasteiger partial charge on any atom is 0.326 e. The number of carbonyl (C=O) groups excluding carboxylic acids is 1. The van der Waals surface area contributed by atoms with Gasteiger partial charge in [0, 0.05) is 6.54 Å². The van der Waals surface area contributed by atoms with Crippen molar-refractivity contribution >= 4 is 12.0 Å². The van der Waals surface area contributed by atoms with E-state index in [1.807, 2.05) is 6.92 Å². The number of likely N-dealkylation sites (tertiary alicyclic amines) is 1. The summed E-state index contributed by atoms with van der Waals surface area (Å²) >= 11 is 0. The van der Waals surface area contributed by atoms with Gasteiger partial charge < -0.3 is 20.4 Å². The van der Waals surface area contributed by atoms with Crippen molar-refractivity contribution in [1.82, 2.24) is 10.2 Å². The molecule has 0 aromatic heterocycles. The van der Waals surface area contributed by atoms with E-state index in [-0.39, 0.29) is 18.0 Å². The molecule has 1 aliphatic heterocycles. The van der Waals surface area contributed by atoms with Crippen LogP contribution >= 0.6 is 0 Å². The molecule has 1 aliphatic carbocycles. The van der Waals surface area contributed by atoms with Crippen LogP contribution in [0.4, 0.5) is 4.79 Å². The predicted octanol–water partition coefficient (Wildman–Crippen LogP) is 0.794. The first-order valence-electron chi connectivity index (χ1n) is 6.98. The van der Waals surface area contributed by atoms with Gasteiger partial charge in [0.2, 0.25) is 0 Å². The monoisotopic (exact) mass is 270 g/mol. The molecule has 2 fully saturated rings. The molecule has 1 saturated heterocycles. The zero-order valence-electron chi connectivity index (χ0n) is 11.2. The number of aliphatic hydroxyl groups excluding tert-OH is 1. The van der Waals surface area contributed by atoms with Gasteiger partial charge >= 0.3 is 12.0 Å². The van der Waals surface area contributed by atoms with Crippen molar-refractivity contribution in [2.24, 2.45) is 5.92 Å². The van der Waals surface area contributed by atoms with Crippen molar-refractivity contribution in [2.75, 3.05) is 6.54 Å². The van der Waals surface area contributed by atoms with Crippen molar-refractivity contribution < 1.29 is 19.8 Å². The van der Waals surface area contributed by atoms with Crippen LogP contribution in [-0.4, -0.2) is 51.8 Å². The van der Waals surface area contributed by atoms with Gasteiger partial charge in [-0.25, -0.2) is 9.59 Å². The summed E-state index contributed by atoms with van der Waals surface area (Å²) < 4.78 is 0. The summed E-state index contributed by atoms with van der Waals surface area (Å²) in [6.07, 6.45) is 3.61. The fourth-order valence-electron chi connectivity index (χ4n) is 3.07. The average molecular weight is 270 g/mol. The van der Waals surface area contributed by atoms with Crippen molar-refractivity contribution in [2.45, 2.75) is 57.2 Å². The number of aliphatic hydroxyl groups is 1. The summed E-state index contributed by atoms with van der Waals surface area (Å²) in [6, 6.07) is -1.35. The maximum atomic E-state index is 12.2. The number of carboxylic acid groups (broad SMARTS) is 1. The number of nitrogens with one attached hydrogen (secondary N) is 1. The minimum atomic E-state index is -0.954. The van der Waals surface area contributed by atoms with Crippen molar-refractivity contribution in [3.63, 3.8) is 0 Å². The number of carbonyl (C=O) groups is 2. The van der Waals surface area contributed by atoms with Crippen LogP contribution < -0.4 is 5.32 Å². The summed E-state index contributed by atoms with van der Waals surface area (Å²) in [4.78, 5) is 24.8. The molecular weight excluding hydrogens is 248 g/mol. The van der Waals surface area contributed by atoms with Gasteiger partial charge in [0.15, 0.2) is 0 Å². The van der Waals surface area contributed by atoms with E-state index in [0.29, 0.717) is 19.4 Å². The molecule has 0 aromatic rings. The molecule has 4 atom stereocenters. The lowest BCUT2D eigenvalue weighted by molar-refractivity contribution is -0.142. The van der Waals surface area contributed by atoms with Crippen LogP contribution in [0.25, 0.3) is 0 Å². The summed E-state index contributed by atoms with van der Waals surface area (Å²) in [5, 5.41) is 21.8. The maximum absolute atomic E-state index is 12.2. The van der Waals surface area contributed by atoms with Gasteiger partial charge in [0.25, 0.3) is 0 Å². The molecule has 0 radical (unpaired) electrons. The number of nitrogens with zero attached hydrogens (tertiary/aromatic N) is 1. The lowest BCUT2D eigenvalue weighted by Crippen LogP contribution is -2.53. The van der Waals surface area contributed by atoms with E-state index in [9.17, 15) is 19.8 Å². The second kappa shape index (κ2) is 5.77. The highest BCUT2D eigenvalue weighted by Crippen LogP contribution is 2.25. The Morgan fingerprint density at radius 2 is 1.89 bits per heavy atom. The van der Waals surface area contributed by atoms with Crippen LogP contribution in [0.1, 0.15) is 39.0 Å². The number of aliphatic carboxylic acids is 1. The number of hydrogen-bond acceptors (Lipinski definition) is 3. The zero-order chi connectivity index (χ0) is 14.0. The zero-order valence-corrected chi connectivity index (χ0v) is 11.2.